The van der Waals surface area contributed by atoms with Gasteiger partial charge in [-0.05, 0) is 19.4 Å². The summed E-state index contributed by atoms with van der Waals surface area (Å²) >= 11 is 5.55. The third-order valence-electron chi connectivity index (χ3n) is 2.11. The molecule has 1 aromatic rings. The van der Waals surface area contributed by atoms with Crippen molar-refractivity contribution >= 4 is 21.6 Å². The predicted octanol–water partition coefficient (Wildman–Crippen LogP) is 1.11. The number of hydrogen-bond donors (Lipinski definition) is 2. The van der Waals surface area contributed by atoms with E-state index in [9.17, 15) is 13.2 Å². The van der Waals surface area contributed by atoms with E-state index in [0.29, 0.717) is 6.42 Å². The summed E-state index contributed by atoms with van der Waals surface area (Å²) in [5.41, 5.74) is -0.510. The van der Waals surface area contributed by atoms with E-state index in [0.717, 1.165) is 12.3 Å². The van der Waals surface area contributed by atoms with Crippen molar-refractivity contribution in [1.29, 1.82) is 0 Å². The minimum Gasteiger partial charge on any atom is -0.326 e. The molecule has 16 heavy (non-hydrogen) atoms. The van der Waals surface area contributed by atoms with Gasteiger partial charge in [-0.3, -0.25) is 4.79 Å². The summed E-state index contributed by atoms with van der Waals surface area (Å²) in [7, 11) is -3.62. The van der Waals surface area contributed by atoms with Crippen molar-refractivity contribution in [3.8, 4) is 0 Å². The Balaban J connectivity index is 3.08. The molecule has 0 spiro atoms. The Morgan fingerprint density at radius 3 is 2.69 bits per heavy atom. The van der Waals surface area contributed by atoms with Gasteiger partial charge in [0.15, 0.2) is 0 Å². The molecule has 0 aliphatic heterocycles. The fraction of sp³-hybridized carbons (Fsp3) is 0.444. The van der Waals surface area contributed by atoms with Crippen LogP contribution in [0.5, 0.6) is 0 Å². The lowest BCUT2D eigenvalue weighted by atomic mass is 10.3. The van der Waals surface area contributed by atoms with Gasteiger partial charge in [-0.15, -0.1) is 0 Å². The first kappa shape index (κ1) is 13.2. The van der Waals surface area contributed by atoms with Crippen molar-refractivity contribution in [1.82, 2.24) is 9.71 Å². The lowest BCUT2D eigenvalue weighted by Crippen LogP contribution is -2.32. The van der Waals surface area contributed by atoms with Crippen LogP contribution in [0.15, 0.2) is 22.0 Å². The van der Waals surface area contributed by atoms with Gasteiger partial charge in [0.2, 0.25) is 10.0 Å². The van der Waals surface area contributed by atoms with E-state index in [-0.39, 0.29) is 16.0 Å². The minimum atomic E-state index is -3.62. The van der Waals surface area contributed by atoms with Gasteiger partial charge in [-0.25, -0.2) is 13.1 Å². The van der Waals surface area contributed by atoms with Crippen LogP contribution < -0.4 is 10.3 Å². The third kappa shape index (κ3) is 3.07. The molecule has 1 rings (SSSR count). The normalized spacial score (nSPS) is 13.7. The number of pyridine rings is 1. The van der Waals surface area contributed by atoms with Crippen LogP contribution in [0.3, 0.4) is 0 Å². The summed E-state index contributed by atoms with van der Waals surface area (Å²) in [4.78, 5) is 13.2. The van der Waals surface area contributed by atoms with Crippen LogP contribution in [0, 0.1) is 0 Å². The third-order valence-corrected chi connectivity index (χ3v) is 3.96. The SMILES string of the molecule is CCC(C)NS(=O)(=O)c1c[nH]c(=O)c(Cl)c1. The van der Waals surface area contributed by atoms with Crippen LogP contribution in [0.25, 0.3) is 0 Å². The van der Waals surface area contributed by atoms with Crippen LogP contribution in [0.4, 0.5) is 0 Å². The van der Waals surface area contributed by atoms with Crippen molar-refractivity contribution < 1.29 is 8.42 Å². The average molecular weight is 265 g/mol. The van der Waals surface area contributed by atoms with Gasteiger partial charge in [0.25, 0.3) is 5.56 Å². The monoisotopic (exact) mass is 264 g/mol. The molecule has 0 fully saturated rings. The smallest absolute Gasteiger partial charge is 0.266 e. The number of nitrogens with one attached hydrogen (secondary N) is 2. The van der Waals surface area contributed by atoms with Crippen LogP contribution in [0.2, 0.25) is 5.02 Å². The van der Waals surface area contributed by atoms with Crippen LogP contribution in [-0.2, 0) is 10.0 Å². The maximum absolute atomic E-state index is 11.8. The number of aromatic nitrogens is 1. The standard InChI is InChI=1S/C9H13ClN2O3S/c1-3-6(2)12-16(14,15)7-4-8(10)9(13)11-5-7/h4-6,12H,3H2,1-2H3,(H,11,13). The zero-order valence-electron chi connectivity index (χ0n) is 8.95. The van der Waals surface area contributed by atoms with Gasteiger partial charge in [0.1, 0.15) is 5.02 Å². The van der Waals surface area contributed by atoms with Gasteiger partial charge < -0.3 is 4.98 Å². The van der Waals surface area contributed by atoms with Crippen LogP contribution >= 0.6 is 11.6 Å². The quantitative estimate of drug-likeness (QED) is 0.855. The molecule has 0 aliphatic rings. The molecule has 90 valence electrons. The van der Waals surface area contributed by atoms with Gasteiger partial charge in [-0.1, -0.05) is 18.5 Å². The highest BCUT2D eigenvalue weighted by Crippen LogP contribution is 2.11. The van der Waals surface area contributed by atoms with Crippen molar-refractivity contribution in [3.05, 3.63) is 27.6 Å². The molecule has 0 radical (unpaired) electrons. The summed E-state index contributed by atoms with van der Waals surface area (Å²) in [6.07, 6.45) is 1.80. The number of H-pyrrole nitrogens is 1. The van der Waals surface area contributed by atoms with Crippen molar-refractivity contribution in [3.63, 3.8) is 0 Å². The Morgan fingerprint density at radius 1 is 1.56 bits per heavy atom. The molecule has 0 saturated heterocycles. The Hall–Kier alpha value is -0.850. The second-order valence-electron chi connectivity index (χ2n) is 3.44. The number of halogens is 1. The summed E-state index contributed by atoms with van der Waals surface area (Å²) in [5, 5.41) is -0.146. The van der Waals surface area contributed by atoms with E-state index >= 15 is 0 Å². The number of rotatable bonds is 4. The first-order chi connectivity index (χ1) is 7.36. The van der Waals surface area contributed by atoms with Gasteiger partial charge >= 0.3 is 0 Å². The highest BCUT2D eigenvalue weighted by atomic mass is 35.5. The lowest BCUT2D eigenvalue weighted by Gasteiger charge is -2.11. The summed E-state index contributed by atoms with van der Waals surface area (Å²) in [5.74, 6) is 0. The maximum atomic E-state index is 11.8. The molecule has 2 N–H and O–H groups in total. The molecule has 0 bridgehead atoms. The molecular formula is C9H13ClN2O3S. The van der Waals surface area contributed by atoms with Crippen molar-refractivity contribution in [2.75, 3.05) is 0 Å². The first-order valence-electron chi connectivity index (χ1n) is 4.77. The number of sulfonamides is 1. The Bertz CT molecular complexity index is 524. The lowest BCUT2D eigenvalue weighted by molar-refractivity contribution is 0.555. The Labute approximate surface area is 98.9 Å². The Kier molecular flexibility index (Phi) is 4.12. The molecule has 0 aromatic carbocycles. The minimum absolute atomic E-state index is 0.0441. The molecule has 1 aromatic heterocycles. The van der Waals surface area contributed by atoms with Crippen LogP contribution in [-0.4, -0.2) is 19.4 Å². The van der Waals surface area contributed by atoms with E-state index in [2.05, 4.69) is 9.71 Å². The summed E-state index contributed by atoms with van der Waals surface area (Å²) in [6, 6.07) is 0.959. The van der Waals surface area contributed by atoms with Crippen molar-refractivity contribution in [2.45, 2.75) is 31.2 Å². The van der Waals surface area contributed by atoms with E-state index in [1.165, 1.54) is 0 Å². The van der Waals surface area contributed by atoms with E-state index in [1.54, 1.807) is 6.92 Å². The zero-order chi connectivity index (χ0) is 12.3. The second kappa shape index (κ2) is 4.99. The molecule has 0 saturated carbocycles. The second-order valence-corrected chi connectivity index (χ2v) is 5.56. The van der Waals surface area contributed by atoms with Gasteiger partial charge in [0.05, 0.1) is 4.90 Å². The van der Waals surface area contributed by atoms with E-state index < -0.39 is 15.6 Å². The molecule has 0 amide bonds. The maximum Gasteiger partial charge on any atom is 0.266 e. The molecule has 1 unspecified atom stereocenters. The summed E-state index contributed by atoms with van der Waals surface area (Å²) in [6.45, 7) is 3.62. The highest BCUT2D eigenvalue weighted by molar-refractivity contribution is 7.89. The van der Waals surface area contributed by atoms with E-state index in [4.69, 9.17) is 11.6 Å². The molecule has 7 heteroatoms. The Morgan fingerprint density at radius 2 is 2.19 bits per heavy atom. The average Bonchev–Trinajstić information content (AvgIpc) is 2.21. The topological polar surface area (TPSA) is 79.0 Å². The highest BCUT2D eigenvalue weighted by Gasteiger charge is 2.17. The van der Waals surface area contributed by atoms with Gasteiger partial charge in [0, 0.05) is 12.2 Å². The predicted molar refractivity (Wildman–Crippen MR) is 62.1 cm³/mol. The molecule has 1 heterocycles. The number of hydrogen-bond acceptors (Lipinski definition) is 3. The molecular weight excluding hydrogens is 252 g/mol. The van der Waals surface area contributed by atoms with E-state index in [1.807, 2.05) is 6.92 Å². The van der Waals surface area contributed by atoms with Crippen LogP contribution in [0.1, 0.15) is 20.3 Å². The largest absolute Gasteiger partial charge is 0.326 e. The summed E-state index contributed by atoms with van der Waals surface area (Å²) < 4.78 is 26.0. The molecule has 0 aliphatic carbocycles. The zero-order valence-corrected chi connectivity index (χ0v) is 10.5. The first-order valence-corrected chi connectivity index (χ1v) is 6.63. The fourth-order valence-electron chi connectivity index (χ4n) is 1.01. The number of aromatic amines is 1. The molecule has 1 atom stereocenters. The van der Waals surface area contributed by atoms with Gasteiger partial charge in [-0.2, -0.15) is 0 Å². The van der Waals surface area contributed by atoms with Crippen molar-refractivity contribution in [2.24, 2.45) is 0 Å². The fourth-order valence-corrected chi connectivity index (χ4v) is 2.57. The molecule has 5 nitrogen and oxygen atoms in total.